The lowest BCUT2D eigenvalue weighted by Gasteiger charge is -2.31. The summed E-state index contributed by atoms with van der Waals surface area (Å²) >= 11 is 0. The molecule has 134 valence electrons. The second-order valence-corrected chi connectivity index (χ2v) is 6.43. The molecule has 0 atom stereocenters. The number of alkyl halides is 3. The fourth-order valence-corrected chi connectivity index (χ4v) is 3.26. The van der Waals surface area contributed by atoms with Gasteiger partial charge in [-0.25, -0.2) is 0 Å². The first-order valence-electron chi connectivity index (χ1n) is 8.54. The Bertz CT molecular complexity index is 539. The van der Waals surface area contributed by atoms with Crippen molar-refractivity contribution >= 4 is 5.91 Å². The number of rotatable bonds is 6. The number of hydrogen-bond acceptors (Lipinski definition) is 2. The van der Waals surface area contributed by atoms with E-state index in [4.69, 9.17) is 0 Å². The molecule has 0 bridgehead atoms. The van der Waals surface area contributed by atoms with Crippen LogP contribution in [-0.4, -0.2) is 37.0 Å². The number of nitrogens with one attached hydrogen (secondary N) is 1. The Hall–Kier alpha value is -1.56. The van der Waals surface area contributed by atoms with Crippen molar-refractivity contribution in [3.05, 3.63) is 35.4 Å². The van der Waals surface area contributed by atoms with E-state index in [-0.39, 0.29) is 5.56 Å². The monoisotopic (exact) mass is 342 g/mol. The zero-order chi connectivity index (χ0) is 17.6. The molecule has 1 aromatic carbocycles. The second-order valence-electron chi connectivity index (χ2n) is 6.43. The lowest BCUT2D eigenvalue weighted by Crippen LogP contribution is -2.36. The van der Waals surface area contributed by atoms with E-state index in [1.165, 1.54) is 50.3 Å². The maximum absolute atomic E-state index is 12.9. The molecule has 0 unspecified atom stereocenters. The molecule has 1 saturated carbocycles. The van der Waals surface area contributed by atoms with Crippen molar-refractivity contribution in [2.75, 3.05) is 20.1 Å². The summed E-state index contributed by atoms with van der Waals surface area (Å²) in [5.41, 5.74) is -1.20. The van der Waals surface area contributed by atoms with Gasteiger partial charge in [0.05, 0.1) is 11.1 Å². The first kappa shape index (κ1) is 18.8. The molecule has 6 heteroatoms. The van der Waals surface area contributed by atoms with Crippen molar-refractivity contribution in [3.63, 3.8) is 0 Å². The van der Waals surface area contributed by atoms with Crippen LogP contribution in [0.3, 0.4) is 0 Å². The molecule has 0 aromatic heterocycles. The maximum Gasteiger partial charge on any atom is 0.417 e. The average Bonchev–Trinajstić information content (AvgIpc) is 2.58. The molecule has 0 saturated heterocycles. The Morgan fingerprint density at radius 3 is 2.54 bits per heavy atom. The summed E-state index contributed by atoms with van der Waals surface area (Å²) in [6.45, 7) is 1.22. The van der Waals surface area contributed by atoms with E-state index in [2.05, 4.69) is 17.3 Å². The van der Waals surface area contributed by atoms with Crippen LogP contribution in [0.4, 0.5) is 13.2 Å². The number of benzene rings is 1. The SMILES string of the molecule is CN(CCCNC(=O)c1ccccc1C(F)(F)F)C1CCCCC1. The van der Waals surface area contributed by atoms with E-state index >= 15 is 0 Å². The van der Waals surface area contributed by atoms with Gasteiger partial charge >= 0.3 is 6.18 Å². The Morgan fingerprint density at radius 1 is 1.21 bits per heavy atom. The first-order chi connectivity index (χ1) is 11.4. The van der Waals surface area contributed by atoms with Gasteiger partial charge < -0.3 is 10.2 Å². The van der Waals surface area contributed by atoms with Gasteiger partial charge in [-0.2, -0.15) is 13.2 Å². The van der Waals surface area contributed by atoms with E-state index in [0.717, 1.165) is 19.0 Å². The minimum absolute atomic E-state index is 0.314. The van der Waals surface area contributed by atoms with E-state index in [9.17, 15) is 18.0 Å². The molecule has 0 radical (unpaired) electrons. The molecule has 0 aliphatic heterocycles. The van der Waals surface area contributed by atoms with E-state index in [1.54, 1.807) is 0 Å². The highest BCUT2D eigenvalue weighted by atomic mass is 19.4. The average molecular weight is 342 g/mol. The molecule has 1 aliphatic rings. The number of nitrogens with zero attached hydrogens (tertiary/aromatic N) is 1. The highest BCUT2D eigenvalue weighted by Gasteiger charge is 2.34. The summed E-state index contributed by atoms with van der Waals surface area (Å²) in [4.78, 5) is 14.3. The number of hydrogen-bond donors (Lipinski definition) is 1. The predicted molar refractivity (Wildman–Crippen MR) is 87.9 cm³/mol. The molecular weight excluding hydrogens is 317 g/mol. The van der Waals surface area contributed by atoms with Crippen molar-refractivity contribution in [3.8, 4) is 0 Å². The van der Waals surface area contributed by atoms with Crippen molar-refractivity contribution in [2.45, 2.75) is 50.7 Å². The molecule has 0 spiro atoms. The van der Waals surface area contributed by atoms with Crippen LogP contribution in [0.5, 0.6) is 0 Å². The third-order valence-corrected chi connectivity index (χ3v) is 4.65. The molecule has 1 fully saturated rings. The number of carbonyl (C=O) groups is 1. The molecule has 1 aromatic rings. The van der Waals surface area contributed by atoms with Crippen LogP contribution < -0.4 is 5.32 Å². The molecule has 24 heavy (non-hydrogen) atoms. The molecule has 1 amide bonds. The Morgan fingerprint density at radius 2 is 1.88 bits per heavy atom. The molecule has 1 aliphatic carbocycles. The molecular formula is C18H25F3N2O. The fourth-order valence-electron chi connectivity index (χ4n) is 3.26. The van der Waals surface area contributed by atoms with Crippen molar-refractivity contribution in [1.29, 1.82) is 0 Å². The van der Waals surface area contributed by atoms with Gasteiger partial charge in [-0.05, 0) is 45.0 Å². The molecule has 0 heterocycles. The third-order valence-electron chi connectivity index (χ3n) is 4.65. The van der Waals surface area contributed by atoms with E-state index in [1.807, 2.05) is 0 Å². The van der Waals surface area contributed by atoms with Gasteiger partial charge in [0.15, 0.2) is 0 Å². The fraction of sp³-hybridized carbons (Fsp3) is 0.611. The van der Waals surface area contributed by atoms with Gasteiger partial charge in [0.1, 0.15) is 0 Å². The Labute approximate surface area is 141 Å². The smallest absolute Gasteiger partial charge is 0.352 e. The quantitative estimate of drug-likeness (QED) is 0.790. The van der Waals surface area contributed by atoms with E-state index < -0.39 is 17.6 Å². The first-order valence-corrected chi connectivity index (χ1v) is 8.54. The predicted octanol–water partition coefficient (Wildman–Crippen LogP) is 4.09. The van der Waals surface area contributed by atoms with Gasteiger partial charge in [0, 0.05) is 12.6 Å². The number of amides is 1. The summed E-state index contributed by atoms with van der Waals surface area (Å²) in [7, 11) is 2.08. The van der Waals surface area contributed by atoms with Crippen molar-refractivity contribution < 1.29 is 18.0 Å². The topological polar surface area (TPSA) is 32.3 Å². The normalized spacial score (nSPS) is 16.4. The lowest BCUT2D eigenvalue weighted by atomic mass is 9.94. The molecule has 1 N–H and O–H groups in total. The molecule has 2 rings (SSSR count). The van der Waals surface area contributed by atoms with Crippen molar-refractivity contribution in [1.82, 2.24) is 10.2 Å². The second kappa shape index (κ2) is 8.51. The highest BCUT2D eigenvalue weighted by molar-refractivity contribution is 5.95. The summed E-state index contributed by atoms with van der Waals surface area (Å²) in [5, 5.41) is 2.60. The number of carbonyl (C=O) groups excluding carboxylic acids is 1. The van der Waals surface area contributed by atoms with Crippen LogP contribution >= 0.6 is 0 Å². The number of halogens is 3. The lowest BCUT2D eigenvalue weighted by molar-refractivity contribution is -0.137. The maximum atomic E-state index is 12.9. The summed E-state index contributed by atoms with van der Waals surface area (Å²) in [6, 6.07) is 5.48. The van der Waals surface area contributed by atoms with Crippen LogP contribution in [0.1, 0.15) is 54.4 Å². The Kier molecular flexibility index (Phi) is 6.66. The summed E-state index contributed by atoms with van der Waals surface area (Å²) in [6.07, 6.45) is 2.46. The van der Waals surface area contributed by atoms with Crippen LogP contribution in [0.25, 0.3) is 0 Å². The molecule has 3 nitrogen and oxygen atoms in total. The summed E-state index contributed by atoms with van der Waals surface area (Å²) < 4.78 is 38.8. The van der Waals surface area contributed by atoms with Crippen molar-refractivity contribution in [2.24, 2.45) is 0 Å². The zero-order valence-corrected chi connectivity index (χ0v) is 14.0. The van der Waals surface area contributed by atoms with Gasteiger partial charge in [-0.3, -0.25) is 4.79 Å². The van der Waals surface area contributed by atoms with Crippen LogP contribution in [0.15, 0.2) is 24.3 Å². The van der Waals surface area contributed by atoms with Gasteiger partial charge in [-0.15, -0.1) is 0 Å². The largest absolute Gasteiger partial charge is 0.417 e. The third kappa shape index (κ3) is 5.23. The van der Waals surface area contributed by atoms with Crippen LogP contribution in [0.2, 0.25) is 0 Å². The van der Waals surface area contributed by atoms with E-state index in [0.29, 0.717) is 12.6 Å². The van der Waals surface area contributed by atoms with Gasteiger partial charge in [0.2, 0.25) is 0 Å². The van der Waals surface area contributed by atoms with Crippen LogP contribution in [-0.2, 0) is 6.18 Å². The zero-order valence-electron chi connectivity index (χ0n) is 14.0. The highest BCUT2D eigenvalue weighted by Crippen LogP contribution is 2.31. The standard InChI is InChI=1S/C18H25F3N2O/c1-23(14-8-3-2-4-9-14)13-7-12-22-17(24)15-10-5-6-11-16(15)18(19,20)21/h5-6,10-11,14H,2-4,7-9,12-13H2,1H3,(H,22,24). The minimum Gasteiger partial charge on any atom is -0.352 e. The Balaban J connectivity index is 1.79. The van der Waals surface area contributed by atoms with Gasteiger partial charge in [0.25, 0.3) is 5.91 Å². The van der Waals surface area contributed by atoms with Gasteiger partial charge in [-0.1, -0.05) is 31.4 Å². The minimum atomic E-state index is -4.52. The summed E-state index contributed by atoms with van der Waals surface area (Å²) in [5.74, 6) is -0.664. The van der Waals surface area contributed by atoms with Crippen LogP contribution in [0, 0.1) is 0 Å².